The lowest BCUT2D eigenvalue weighted by Gasteiger charge is -2.25. The molecule has 1 aliphatic rings. The number of nitrogens with one attached hydrogen (secondary N) is 4. The van der Waals surface area contributed by atoms with E-state index in [1.807, 2.05) is 0 Å². The average molecular weight is 686 g/mol. The third-order valence-electron chi connectivity index (χ3n) is 8.12. The number of hydrogen-bond acceptors (Lipinski definition) is 8. The van der Waals surface area contributed by atoms with Crippen molar-refractivity contribution in [2.75, 3.05) is 18.4 Å². The van der Waals surface area contributed by atoms with Crippen LogP contribution < -0.4 is 32.7 Å². The van der Waals surface area contributed by atoms with Crippen molar-refractivity contribution >= 4 is 47.2 Å². The molecule has 1 aliphatic heterocycles. The average Bonchev–Trinajstić information content (AvgIpc) is 3.33. The van der Waals surface area contributed by atoms with Gasteiger partial charge in [0.1, 0.15) is 12.1 Å². The molecule has 0 spiro atoms. The van der Waals surface area contributed by atoms with Gasteiger partial charge in [-0.1, -0.05) is 32.4 Å². The highest BCUT2D eigenvalue weighted by Crippen LogP contribution is 2.23. The minimum Gasteiger partial charge on any atom is -0.481 e. The van der Waals surface area contributed by atoms with Gasteiger partial charge in [-0.05, 0) is 76.0 Å². The zero-order chi connectivity index (χ0) is 36.7. The van der Waals surface area contributed by atoms with Crippen LogP contribution in [0.2, 0.25) is 0 Å². The summed E-state index contributed by atoms with van der Waals surface area (Å²) in [5.41, 5.74) is 11.7. The van der Waals surface area contributed by atoms with Gasteiger partial charge in [0.2, 0.25) is 17.7 Å². The molecule has 0 aromatic heterocycles. The Balaban J connectivity index is 1.97. The number of benzene rings is 1. The first-order valence-corrected chi connectivity index (χ1v) is 16.6. The summed E-state index contributed by atoms with van der Waals surface area (Å²) in [4.78, 5) is 86.5. The van der Waals surface area contributed by atoms with Gasteiger partial charge in [0.25, 0.3) is 11.8 Å². The van der Waals surface area contributed by atoms with Crippen LogP contribution >= 0.6 is 0 Å². The number of nitrogens with two attached hydrogens (primary N) is 2. The van der Waals surface area contributed by atoms with E-state index in [1.165, 1.54) is 12.2 Å². The Labute approximate surface area is 287 Å². The van der Waals surface area contributed by atoms with E-state index >= 15 is 0 Å². The molecule has 15 heteroatoms. The maximum absolute atomic E-state index is 13.4. The van der Waals surface area contributed by atoms with Crippen molar-refractivity contribution in [3.63, 3.8) is 0 Å². The number of carboxylic acids is 1. The van der Waals surface area contributed by atoms with Crippen molar-refractivity contribution in [2.24, 2.45) is 22.8 Å². The summed E-state index contributed by atoms with van der Waals surface area (Å²) >= 11 is 0. The Bertz CT molecular complexity index is 1360. The van der Waals surface area contributed by atoms with Gasteiger partial charge in [-0.3, -0.25) is 33.7 Å². The first-order valence-electron chi connectivity index (χ1n) is 16.6. The predicted molar refractivity (Wildman–Crippen MR) is 183 cm³/mol. The van der Waals surface area contributed by atoms with Crippen molar-refractivity contribution in [3.8, 4) is 0 Å². The van der Waals surface area contributed by atoms with E-state index in [1.54, 1.807) is 52.0 Å². The normalized spacial score (nSPS) is 14.7. The second kappa shape index (κ2) is 19.3. The molecule has 0 saturated heterocycles. The molecule has 7 amide bonds. The number of carbonyl (C=O) groups is 7. The van der Waals surface area contributed by atoms with Crippen LogP contribution in [0.4, 0.5) is 10.5 Å². The van der Waals surface area contributed by atoms with Crippen molar-refractivity contribution in [2.45, 2.75) is 97.2 Å². The summed E-state index contributed by atoms with van der Waals surface area (Å²) in [7, 11) is 0. The second-order valence-electron chi connectivity index (χ2n) is 13.3. The third kappa shape index (κ3) is 14.1. The number of unbranched alkanes of at least 4 members (excludes halogenated alkanes) is 2. The highest BCUT2D eigenvalue weighted by Gasteiger charge is 2.30. The van der Waals surface area contributed by atoms with E-state index in [0.717, 1.165) is 10.5 Å². The summed E-state index contributed by atoms with van der Waals surface area (Å²) in [5.74, 6) is -3.31. The third-order valence-corrected chi connectivity index (χ3v) is 8.12. The molecule has 15 nitrogen and oxygen atoms in total. The van der Waals surface area contributed by atoms with E-state index in [2.05, 4.69) is 21.3 Å². The smallest absolute Gasteiger partial charge is 0.312 e. The summed E-state index contributed by atoms with van der Waals surface area (Å²) < 4.78 is 0. The van der Waals surface area contributed by atoms with Crippen LogP contribution in [0, 0.1) is 11.3 Å². The van der Waals surface area contributed by atoms with E-state index in [4.69, 9.17) is 11.5 Å². The van der Waals surface area contributed by atoms with Gasteiger partial charge in [0.15, 0.2) is 0 Å². The maximum atomic E-state index is 13.4. The molecule has 270 valence electrons. The van der Waals surface area contributed by atoms with Crippen LogP contribution in [-0.4, -0.2) is 82.8 Å². The molecule has 49 heavy (non-hydrogen) atoms. The first-order chi connectivity index (χ1) is 23.0. The van der Waals surface area contributed by atoms with Crippen molar-refractivity contribution in [1.82, 2.24) is 20.9 Å². The van der Waals surface area contributed by atoms with Crippen LogP contribution in [0.5, 0.6) is 0 Å². The van der Waals surface area contributed by atoms with E-state index < -0.39 is 41.3 Å². The first kappa shape index (κ1) is 40.4. The fourth-order valence-electron chi connectivity index (χ4n) is 5.28. The Kier molecular flexibility index (Phi) is 15.9. The molecule has 1 heterocycles. The molecule has 0 bridgehead atoms. The minimum absolute atomic E-state index is 0.136. The number of imide groups is 1. The number of rotatable bonds is 21. The number of carbonyl (C=O) groups excluding carboxylic acids is 6. The van der Waals surface area contributed by atoms with Gasteiger partial charge >= 0.3 is 12.0 Å². The zero-order valence-electron chi connectivity index (χ0n) is 28.8. The topological polar surface area (TPSA) is 243 Å². The number of nitrogens with zero attached hydrogens (tertiary/aromatic N) is 1. The molecular formula is C34H51N7O8. The molecule has 0 aliphatic carbocycles. The van der Waals surface area contributed by atoms with Gasteiger partial charge in [0.05, 0.1) is 5.41 Å². The quantitative estimate of drug-likeness (QED) is 0.0732. The SMILES string of the molecule is CC(C)[C@H](NC(=O)CCCCCN1C(=O)C=CC1=O)C(=O)N[C@@H](CCCNC(N)=O)C(=O)Nc1ccc(C[C@H](N)CC(C)(C)C(=O)O)cc1. The summed E-state index contributed by atoms with van der Waals surface area (Å²) in [6.45, 7) is 7.24. The molecule has 0 fully saturated rings. The molecule has 1 aromatic rings. The van der Waals surface area contributed by atoms with Crippen molar-refractivity contribution < 1.29 is 38.7 Å². The molecule has 0 saturated carbocycles. The van der Waals surface area contributed by atoms with Gasteiger partial charge in [0, 0.05) is 43.4 Å². The fourth-order valence-corrected chi connectivity index (χ4v) is 5.28. The van der Waals surface area contributed by atoms with Crippen LogP contribution in [0.25, 0.3) is 0 Å². The van der Waals surface area contributed by atoms with Gasteiger partial charge < -0.3 is 37.8 Å². The lowest BCUT2D eigenvalue weighted by molar-refractivity contribution is -0.147. The lowest BCUT2D eigenvalue weighted by Crippen LogP contribution is -2.54. The van der Waals surface area contributed by atoms with Crippen LogP contribution in [-0.2, 0) is 35.2 Å². The summed E-state index contributed by atoms with van der Waals surface area (Å²) in [5, 5.41) is 20.1. The highest BCUT2D eigenvalue weighted by atomic mass is 16.4. The molecule has 0 unspecified atom stereocenters. The predicted octanol–water partition coefficient (Wildman–Crippen LogP) is 1.56. The van der Waals surface area contributed by atoms with Gasteiger partial charge in [-0.15, -0.1) is 0 Å². The minimum atomic E-state index is -1.00. The number of primary amides is 1. The highest BCUT2D eigenvalue weighted by molar-refractivity contribution is 6.12. The van der Waals surface area contributed by atoms with E-state index in [0.29, 0.717) is 37.8 Å². The van der Waals surface area contributed by atoms with Crippen LogP contribution in [0.3, 0.4) is 0 Å². The Hall–Kier alpha value is -4.79. The van der Waals surface area contributed by atoms with Gasteiger partial charge in [-0.25, -0.2) is 4.79 Å². The Morgan fingerprint density at radius 2 is 1.53 bits per heavy atom. The monoisotopic (exact) mass is 685 g/mol. The van der Waals surface area contributed by atoms with Crippen LogP contribution in [0.1, 0.15) is 78.2 Å². The number of urea groups is 1. The molecule has 2 rings (SSSR count). The number of hydrogen-bond donors (Lipinski definition) is 7. The fraction of sp³-hybridized carbons (Fsp3) is 0.559. The molecule has 9 N–H and O–H groups in total. The molecule has 3 atom stereocenters. The number of aliphatic carboxylic acids is 1. The largest absolute Gasteiger partial charge is 0.481 e. The van der Waals surface area contributed by atoms with Gasteiger partial charge in [-0.2, -0.15) is 0 Å². The molecule has 0 radical (unpaired) electrons. The van der Waals surface area contributed by atoms with E-state index in [-0.39, 0.29) is 62.0 Å². The Morgan fingerprint density at radius 3 is 2.10 bits per heavy atom. The molecular weight excluding hydrogens is 634 g/mol. The van der Waals surface area contributed by atoms with Crippen molar-refractivity contribution in [3.05, 3.63) is 42.0 Å². The zero-order valence-corrected chi connectivity index (χ0v) is 28.8. The molecule has 1 aromatic carbocycles. The second-order valence-corrected chi connectivity index (χ2v) is 13.3. The number of carboxylic acid groups (broad SMARTS) is 1. The summed E-state index contributed by atoms with van der Waals surface area (Å²) in [6.07, 6.45) is 5.44. The van der Waals surface area contributed by atoms with E-state index in [9.17, 15) is 38.7 Å². The summed E-state index contributed by atoms with van der Waals surface area (Å²) in [6, 6.07) is 3.90. The standard InChI is InChI=1S/C34H51N7O8/c1-21(2)29(40-26(42)10-6-5-7-18-41-27(43)15-16-28(41)44)31(46)39-25(9-8-17-37-33(36)49)30(45)38-24-13-11-22(12-14-24)19-23(35)20-34(3,4)32(47)48/h11-16,21,23,25,29H,5-10,17-20,35H2,1-4H3,(H,38,45)(H,39,46)(H,40,42)(H,47,48)(H3,36,37,49)/t23-,25-,29-/m0/s1. The maximum Gasteiger partial charge on any atom is 0.312 e. The number of amides is 7. The van der Waals surface area contributed by atoms with Crippen molar-refractivity contribution in [1.29, 1.82) is 0 Å². The van der Waals surface area contributed by atoms with Crippen LogP contribution in [0.15, 0.2) is 36.4 Å². The lowest BCUT2D eigenvalue weighted by atomic mass is 9.84. The number of anilines is 1. The Morgan fingerprint density at radius 1 is 0.898 bits per heavy atom.